The van der Waals surface area contributed by atoms with Crippen molar-refractivity contribution in [2.45, 2.75) is 51.4 Å². The Bertz CT molecular complexity index is 385. The number of rotatable bonds is 1. The van der Waals surface area contributed by atoms with Gasteiger partial charge in [-0.15, -0.1) is 0 Å². The fourth-order valence-electron chi connectivity index (χ4n) is 2.51. The van der Waals surface area contributed by atoms with Crippen molar-refractivity contribution in [3.05, 3.63) is 0 Å². The molecule has 25 heavy (non-hydrogen) atoms. The van der Waals surface area contributed by atoms with Crippen molar-refractivity contribution in [1.82, 2.24) is 4.90 Å². The molecule has 0 aromatic heterocycles. The standard InChI is InChI=1S/C10H11F6NO.C2H6S.C2H6.CH5N/c11-6-1-2-17(3-6)7(18)8(10(14,15)16)4-9(12,13)5-8;1-3-2;2*1-2/h6H,1-5H2;1-2H3;1-2H3;2H2,1H3. The van der Waals surface area contributed by atoms with E-state index >= 15 is 0 Å². The maximum absolute atomic E-state index is 12.9. The zero-order valence-electron chi connectivity index (χ0n) is 15.2. The molecule has 2 aliphatic rings. The van der Waals surface area contributed by atoms with Crippen molar-refractivity contribution in [2.24, 2.45) is 11.1 Å². The highest BCUT2D eigenvalue weighted by atomic mass is 32.2. The molecule has 2 fully saturated rings. The van der Waals surface area contributed by atoms with Crippen molar-refractivity contribution < 1.29 is 31.1 Å². The fraction of sp³-hybridized carbons (Fsp3) is 0.933. The van der Waals surface area contributed by atoms with Crippen molar-refractivity contribution in [1.29, 1.82) is 0 Å². The van der Waals surface area contributed by atoms with Crippen LogP contribution < -0.4 is 5.73 Å². The largest absolute Gasteiger partial charge is 0.403 e. The molecule has 3 nitrogen and oxygen atoms in total. The zero-order valence-corrected chi connectivity index (χ0v) is 16.0. The van der Waals surface area contributed by atoms with Crippen LogP contribution in [0.5, 0.6) is 0 Å². The number of hydrogen-bond donors (Lipinski definition) is 1. The van der Waals surface area contributed by atoms with E-state index in [2.05, 4.69) is 5.73 Å². The summed E-state index contributed by atoms with van der Waals surface area (Å²) in [6.45, 7) is 3.41. The Hall–Kier alpha value is -0.640. The van der Waals surface area contributed by atoms with Gasteiger partial charge in [0.2, 0.25) is 5.91 Å². The van der Waals surface area contributed by atoms with Crippen LogP contribution in [0.4, 0.5) is 26.3 Å². The van der Waals surface area contributed by atoms with Crippen molar-refractivity contribution in [2.75, 3.05) is 32.6 Å². The smallest absolute Gasteiger partial charge is 0.339 e. The van der Waals surface area contributed by atoms with E-state index in [0.29, 0.717) is 4.90 Å². The third-order valence-electron chi connectivity index (χ3n) is 3.49. The molecule has 10 heteroatoms. The van der Waals surface area contributed by atoms with Crippen molar-refractivity contribution in [3.8, 4) is 0 Å². The lowest BCUT2D eigenvalue weighted by Crippen LogP contribution is -2.62. The molecule has 1 heterocycles. The highest BCUT2D eigenvalue weighted by molar-refractivity contribution is 7.97. The molecule has 2 rings (SSSR count). The Kier molecular flexibility index (Phi) is 11.9. The summed E-state index contributed by atoms with van der Waals surface area (Å²) in [6, 6.07) is 0. The maximum atomic E-state index is 12.9. The van der Waals surface area contributed by atoms with Crippen molar-refractivity contribution >= 4 is 17.7 Å². The molecule has 1 aliphatic heterocycles. The number of amides is 1. The second-order valence-corrected chi connectivity index (χ2v) is 6.15. The van der Waals surface area contributed by atoms with E-state index in [9.17, 15) is 31.1 Å². The molecule has 1 saturated carbocycles. The number of carbonyl (C=O) groups excluding carboxylic acids is 1. The number of alkyl halides is 6. The van der Waals surface area contributed by atoms with Gasteiger partial charge in [0, 0.05) is 19.4 Å². The summed E-state index contributed by atoms with van der Waals surface area (Å²) in [5, 5.41) is 0. The third kappa shape index (κ3) is 6.88. The summed E-state index contributed by atoms with van der Waals surface area (Å²) in [5.74, 6) is -4.89. The van der Waals surface area contributed by atoms with Gasteiger partial charge in [0.15, 0.2) is 5.41 Å². The van der Waals surface area contributed by atoms with Gasteiger partial charge in [-0.1, -0.05) is 13.8 Å². The number of hydrogen-bond acceptors (Lipinski definition) is 3. The van der Waals surface area contributed by atoms with Gasteiger partial charge in [0.05, 0.1) is 6.54 Å². The Morgan fingerprint density at radius 2 is 1.56 bits per heavy atom. The summed E-state index contributed by atoms with van der Waals surface area (Å²) in [4.78, 5) is 12.4. The lowest BCUT2D eigenvalue weighted by atomic mass is 9.64. The van der Waals surface area contributed by atoms with Gasteiger partial charge in [-0.05, 0) is 26.0 Å². The Morgan fingerprint density at radius 1 is 1.16 bits per heavy atom. The topological polar surface area (TPSA) is 46.3 Å². The molecule has 0 spiro atoms. The first-order valence-electron chi connectivity index (χ1n) is 7.85. The number of nitrogens with two attached hydrogens (primary N) is 1. The van der Waals surface area contributed by atoms with Crippen LogP contribution in [0.2, 0.25) is 0 Å². The molecule has 0 radical (unpaired) electrons. The molecule has 1 aliphatic carbocycles. The van der Waals surface area contributed by atoms with Crippen LogP contribution in [0, 0.1) is 5.41 Å². The first-order chi connectivity index (χ1) is 11.5. The Labute approximate surface area is 149 Å². The molecular weight excluding hydrogens is 370 g/mol. The summed E-state index contributed by atoms with van der Waals surface area (Å²) in [5.41, 5.74) is 1.47. The predicted molar refractivity (Wildman–Crippen MR) is 89.7 cm³/mol. The highest BCUT2D eigenvalue weighted by Crippen LogP contribution is 2.61. The van der Waals surface area contributed by atoms with E-state index in [1.54, 1.807) is 11.8 Å². The van der Waals surface area contributed by atoms with Crippen LogP contribution in [-0.4, -0.2) is 61.7 Å². The first-order valence-corrected chi connectivity index (χ1v) is 9.48. The Morgan fingerprint density at radius 3 is 1.80 bits per heavy atom. The summed E-state index contributed by atoms with van der Waals surface area (Å²) >= 11 is 1.75. The minimum absolute atomic E-state index is 0.0456. The van der Waals surface area contributed by atoms with Gasteiger partial charge < -0.3 is 10.6 Å². The first kappa shape index (κ1) is 26.6. The van der Waals surface area contributed by atoms with Gasteiger partial charge in [0.25, 0.3) is 5.92 Å². The van der Waals surface area contributed by atoms with E-state index in [-0.39, 0.29) is 13.0 Å². The molecule has 152 valence electrons. The summed E-state index contributed by atoms with van der Waals surface area (Å²) < 4.78 is 76.8. The van der Waals surface area contributed by atoms with Crippen molar-refractivity contribution in [3.63, 3.8) is 0 Å². The fourth-order valence-corrected chi connectivity index (χ4v) is 2.51. The third-order valence-corrected chi connectivity index (χ3v) is 3.49. The molecule has 1 amide bonds. The van der Waals surface area contributed by atoms with Gasteiger partial charge in [0.1, 0.15) is 6.17 Å². The molecule has 0 aromatic rings. The average Bonchev–Trinajstić information content (AvgIpc) is 2.94. The molecule has 0 bridgehead atoms. The minimum Gasteiger partial charge on any atom is -0.339 e. The second-order valence-electron chi connectivity index (χ2n) is 5.33. The lowest BCUT2D eigenvalue weighted by molar-refractivity contribution is -0.299. The van der Waals surface area contributed by atoms with Crippen LogP contribution in [0.3, 0.4) is 0 Å². The summed E-state index contributed by atoms with van der Waals surface area (Å²) in [7, 11) is 1.50. The van der Waals surface area contributed by atoms with E-state index in [1.807, 2.05) is 26.4 Å². The van der Waals surface area contributed by atoms with Gasteiger partial charge in [-0.3, -0.25) is 4.79 Å². The number of likely N-dealkylation sites (tertiary alicyclic amines) is 1. The second kappa shape index (κ2) is 11.2. The van der Waals surface area contributed by atoms with Gasteiger partial charge in [-0.25, -0.2) is 13.2 Å². The minimum atomic E-state index is -5.03. The van der Waals surface area contributed by atoms with E-state index < -0.39 is 49.0 Å². The molecule has 1 saturated heterocycles. The molecule has 2 N–H and O–H groups in total. The van der Waals surface area contributed by atoms with E-state index in [1.165, 1.54) is 7.05 Å². The van der Waals surface area contributed by atoms with Gasteiger partial charge in [-0.2, -0.15) is 24.9 Å². The molecule has 1 unspecified atom stereocenters. The van der Waals surface area contributed by atoms with E-state index in [4.69, 9.17) is 0 Å². The van der Waals surface area contributed by atoms with Crippen LogP contribution in [0.25, 0.3) is 0 Å². The number of nitrogens with zero attached hydrogens (tertiary/aromatic N) is 1. The normalized spacial score (nSPS) is 22.9. The predicted octanol–water partition coefficient (Wildman–Crippen LogP) is 4.11. The lowest BCUT2D eigenvalue weighted by Gasteiger charge is -2.47. The SMILES string of the molecule is CC.CN.CSC.O=C(N1CCC(F)C1)C1(C(F)(F)F)CC(F)(F)C1. The monoisotopic (exact) mass is 398 g/mol. The zero-order chi connectivity index (χ0) is 20.5. The van der Waals surface area contributed by atoms with E-state index in [0.717, 1.165) is 0 Å². The summed E-state index contributed by atoms with van der Waals surface area (Å²) in [6.07, 6.45) is -5.43. The van der Waals surface area contributed by atoms with Crippen LogP contribution >= 0.6 is 11.8 Å². The molecule has 1 atom stereocenters. The molecule has 0 aromatic carbocycles. The molecular formula is C15H28F6N2OS. The van der Waals surface area contributed by atoms with Gasteiger partial charge >= 0.3 is 6.18 Å². The average molecular weight is 398 g/mol. The highest BCUT2D eigenvalue weighted by Gasteiger charge is 2.74. The van der Waals surface area contributed by atoms with Crippen LogP contribution in [0.15, 0.2) is 0 Å². The number of halogens is 6. The quantitative estimate of drug-likeness (QED) is 0.676. The maximum Gasteiger partial charge on any atom is 0.403 e. The van der Waals surface area contributed by atoms with Crippen LogP contribution in [0.1, 0.15) is 33.1 Å². The number of thioether (sulfide) groups is 1. The Balaban J connectivity index is 0. The number of carbonyl (C=O) groups is 1. The van der Waals surface area contributed by atoms with Crippen LogP contribution in [-0.2, 0) is 4.79 Å².